The minimum atomic E-state index is -3.34. The van der Waals surface area contributed by atoms with E-state index in [0.717, 1.165) is 43.6 Å². The van der Waals surface area contributed by atoms with E-state index in [1.165, 1.54) is 11.3 Å². The molecule has 0 aromatic carbocycles. The Morgan fingerprint density at radius 2 is 1.86 bits per heavy atom. The normalized spacial score (nSPS) is 12.2. The van der Waals surface area contributed by atoms with Crippen molar-refractivity contribution in [3.05, 3.63) is 17.0 Å². The molecule has 2 N–H and O–H groups in total. The predicted octanol–water partition coefficient (Wildman–Crippen LogP) is 3.00. The van der Waals surface area contributed by atoms with Gasteiger partial charge in [-0.05, 0) is 44.0 Å². The van der Waals surface area contributed by atoms with Crippen LogP contribution in [0.4, 0.5) is 0 Å². The van der Waals surface area contributed by atoms with Crippen molar-refractivity contribution >= 4 is 21.4 Å². The first-order valence-electron chi connectivity index (χ1n) is 7.82. The summed E-state index contributed by atoms with van der Waals surface area (Å²) >= 11 is 1.37. The summed E-state index contributed by atoms with van der Waals surface area (Å²) in [5.74, 6) is 0.414. The van der Waals surface area contributed by atoms with E-state index >= 15 is 0 Å². The van der Waals surface area contributed by atoms with Crippen LogP contribution in [0.1, 0.15) is 44.9 Å². The summed E-state index contributed by atoms with van der Waals surface area (Å²) in [4.78, 5) is 1.11. The Morgan fingerprint density at radius 3 is 2.48 bits per heavy atom. The average molecular weight is 333 g/mol. The van der Waals surface area contributed by atoms with Crippen LogP contribution < -0.4 is 10.0 Å². The van der Waals surface area contributed by atoms with E-state index in [-0.39, 0.29) is 0 Å². The number of nitrogens with one attached hydrogen (secondary N) is 2. The Balaban J connectivity index is 2.53. The van der Waals surface area contributed by atoms with Gasteiger partial charge in [-0.2, -0.15) is 0 Å². The van der Waals surface area contributed by atoms with Gasteiger partial charge in [0.05, 0.1) is 0 Å². The number of sulfonamides is 1. The van der Waals surface area contributed by atoms with Crippen LogP contribution in [0.15, 0.2) is 16.3 Å². The molecular weight excluding hydrogens is 304 g/mol. The SMILES string of the molecule is CCCNCCc1ccc(S(=O)(=O)NCC(CC)CC)s1. The third kappa shape index (κ3) is 6.46. The monoisotopic (exact) mass is 332 g/mol. The van der Waals surface area contributed by atoms with Gasteiger partial charge in [-0.15, -0.1) is 11.3 Å². The lowest BCUT2D eigenvalue weighted by Crippen LogP contribution is -2.28. The van der Waals surface area contributed by atoms with Gasteiger partial charge in [-0.3, -0.25) is 0 Å². The summed E-state index contributed by atoms with van der Waals surface area (Å²) in [7, 11) is -3.34. The number of rotatable bonds is 11. The van der Waals surface area contributed by atoms with Crippen LogP contribution in [0.2, 0.25) is 0 Å². The number of thiophene rings is 1. The fourth-order valence-corrected chi connectivity index (χ4v) is 4.54. The molecule has 1 aromatic rings. The van der Waals surface area contributed by atoms with E-state index in [0.29, 0.717) is 16.7 Å². The van der Waals surface area contributed by atoms with Crippen molar-refractivity contribution in [2.75, 3.05) is 19.6 Å². The van der Waals surface area contributed by atoms with Crippen LogP contribution in [0, 0.1) is 5.92 Å². The second kappa shape index (κ2) is 9.56. The summed E-state index contributed by atoms with van der Waals surface area (Å²) in [6, 6.07) is 3.64. The van der Waals surface area contributed by atoms with Gasteiger partial charge in [-0.1, -0.05) is 33.6 Å². The molecular formula is C15H28N2O2S2. The molecule has 0 aliphatic rings. The predicted molar refractivity (Wildman–Crippen MR) is 90.4 cm³/mol. The van der Waals surface area contributed by atoms with Crippen LogP contribution in [-0.2, 0) is 16.4 Å². The molecule has 0 aliphatic carbocycles. The minimum Gasteiger partial charge on any atom is -0.316 e. The smallest absolute Gasteiger partial charge is 0.250 e. The van der Waals surface area contributed by atoms with Crippen molar-refractivity contribution in [3.63, 3.8) is 0 Å². The highest BCUT2D eigenvalue weighted by Gasteiger charge is 2.17. The first-order chi connectivity index (χ1) is 10.0. The fourth-order valence-electron chi connectivity index (χ4n) is 2.03. The van der Waals surface area contributed by atoms with E-state index < -0.39 is 10.0 Å². The van der Waals surface area contributed by atoms with E-state index in [1.807, 2.05) is 6.07 Å². The number of hydrogen-bond donors (Lipinski definition) is 2. The van der Waals surface area contributed by atoms with Gasteiger partial charge in [0.2, 0.25) is 10.0 Å². The first-order valence-corrected chi connectivity index (χ1v) is 10.1. The molecule has 0 saturated heterocycles. The van der Waals surface area contributed by atoms with Gasteiger partial charge >= 0.3 is 0 Å². The number of hydrogen-bond acceptors (Lipinski definition) is 4. The van der Waals surface area contributed by atoms with Gasteiger partial charge in [0.25, 0.3) is 0 Å². The lowest BCUT2D eigenvalue weighted by molar-refractivity contribution is 0.479. The summed E-state index contributed by atoms with van der Waals surface area (Å²) in [6.07, 6.45) is 3.99. The van der Waals surface area contributed by atoms with Crippen molar-refractivity contribution in [1.82, 2.24) is 10.0 Å². The largest absolute Gasteiger partial charge is 0.316 e. The Morgan fingerprint density at radius 1 is 1.14 bits per heavy atom. The highest BCUT2D eigenvalue weighted by atomic mass is 32.2. The zero-order valence-electron chi connectivity index (χ0n) is 13.3. The molecule has 0 atom stereocenters. The van der Waals surface area contributed by atoms with Gasteiger partial charge in [0.15, 0.2) is 0 Å². The zero-order valence-corrected chi connectivity index (χ0v) is 14.9. The molecule has 0 radical (unpaired) electrons. The Labute approximate surface area is 133 Å². The lowest BCUT2D eigenvalue weighted by atomic mass is 10.0. The minimum absolute atomic E-state index is 0.414. The molecule has 6 heteroatoms. The van der Waals surface area contributed by atoms with Gasteiger partial charge < -0.3 is 5.32 Å². The van der Waals surface area contributed by atoms with Crippen LogP contribution >= 0.6 is 11.3 Å². The van der Waals surface area contributed by atoms with E-state index in [4.69, 9.17) is 0 Å². The second-order valence-electron chi connectivity index (χ2n) is 5.26. The molecule has 0 aliphatic heterocycles. The second-order valence-corrected chi connectivity index (χ2v) is 8.42. The first kappa shape index (κ1) is 18.6. The Bertz CT molecular complexity index is 494. The molecule has 122 valence electrons. The highest BCUT2D eigenvalue weighted by Crippen LogP contribution is 2.22. The van der Waals surface area contributed by atoms with Crippen molar-refractivity contribution in [2.24, 2.45) is 5.92 Å². The quantitative estimate of drug-likeness (QED) is 0.613. The van der Waals surface area contributed by atoms with E-state index in [1.54, 1.807) is 6.07 Å². The molecule has 0 unspecified atom stereocenters. The van der Waals surface area contributed by atoms with Gasteiger partial charge in [-0.25, -0.2) is 13.1 Å². The molecule has 1 rings (SSSR count). The summed E-state index contributed by atoms with van der Waals surface area (Å²) in [6.45, 7) is 8.75. The molecule has 1 heterocycles. The highest BCUT2D eigenvalue weighted by molar-refractivity contribution is 7.91. The molecule has 1 aromatic heterocycles. The summed E-state index contributed by atoms with van der Waals surface area (Å²) in [5, 5.41) is 3.33. The maximum atomic E-state index is 12.2. The Kier molecular flexibility index (Phi) is 8.48. The molecule has 0 bridgehead atoms. The van der Waals surface area contributed by atoms with E-state index in [9.17, 15) is 8.42 Å². The maximum Gasteiger partial charge on any atom is 0.250 e. The fraction of sp³-hybridized carbons (Fsp3) is 0.733. The summed E-state index contributed by atoms with van der Waals surface area (Å²) in [5.41, 5.74) is 0. The van der Waals surface area contributed by atoms with Crippen molar-refractivity contribution in [2.45, 2.75) is 50.7 Å². The molecule has 0 fully saturated rings. The van der Waals surface area contributed by atoms with Crippen LogP contribution in [0.25, 0.3) is 0 Å². The van der Waals surface area contributed by atoms with Crippen molar-refractivity contribution in [3.8, 4) is 0 Å². The van der Waals surface area contributed by atoms with Crippen molar-refractivity contribution in [1.29, 1.82) is 0 Å². The van der Waals surface area contributed by atoms with E-state index in [2.05, 4.69) is 30.8 Å². The van der Waals surface area contributed by atoms with Gasteiger partial charge in [0, 0.05) is 11.4 Å². The summed E-state index contributed by atoms with van der Waals surface area (Å²) < 4.78 is 27.6. The maximum absolute atomic E-state index is 12.2. The van der Waals surface area contributed by atoms with Crippen LogP contribution in [-0.4, -0.2) is 28.1 Å². The van der Waals surface area contributed by atoms with Crippen LogP contribution in [0.5, 0.6) is 0 Å². The molecule has 0 saturated carbocycles. The lowest BCUT2D eigenvalue weighted by Gasteiger charge is -2.12. The van der Waals surface area contributed by atoms with Crippen LogP contribution in [0.3, 0.4) is 0 Å². The Hall–Kier alpha value is -0.430. The topological polar surface area (TPSA) is 58.2 Å². The standard InChI is InChI=1S/C15H28N2O2S2/c1-4-10-16-11-9-14-7-8-15(20-14)21(18,19)17-12-13(5-2)6-3/h7-8,13,16-17H,4-6,9-12H2,1-3H3. The molecule has 0 spiro atoms. The zero-order chi connectivity index (χ0) is 15.7. The third-order valence-electron chi connectivity index (χ3n) is 3.59. The average Bonchev–Trinajstić information content (AvgIpc) is 2.94. The van der Waals surface area contributed by atoms with Crippen molar-refractivity contribution < 1.29 is 8.42 Å². The molecule has 4 nitrogen and oxygen atoms in total. The molecule has 21 heavy (non-hydrogen) atoms. The third-order valence-corrected chi connectivity index (χ3v) is 6.65. The van der Waals surface area contributed by atoms with Gasteiger partial charge in [0.1, 0.15) is 4.21 Å². The molecule has 0 amide bonds.